The summed E-state index contributed by atoms with van der Waals surface area (Å²) in [6.45, 7) is 4.07. The fourth-order valence-electron chi connectivity index (χ4n) is 1.66. The summed E-state index contributed by atoms with van der Waals surface area (Å²) in [7, 11) is 0. The van der Waals surface area contributed by atoms with Gasteiger partial charge in [0.25, 0.3) is 0 Å². The molecular formula is C13H15N3O. The maximum atomic E-state index is 5.68. The quantitative estimate of drug-likeness (QED) is 0.627. The highest BCUT2D eigenvalue weighted by Gasteiger charge is 2.01. The second-order valence-corrected chi connectivity index (χ2v) is 3.93. The second-order valence-electron chi connectivity index (χ2n) is 3.93. The van der Waals surface area contributed by atoms with Gasteiger partial charge in [0.2, 0.25) is 5.88 Å². The molecule has 4 heteroatoms. The van der Waals surface area contributed by atoms with Crippen molar-refractivity contribution in [3.05, 3.63) is 47.5 Å². The molecule has 2 aromatic rings. The Labute approximate surface area is 100 Å². The van der Waals surface area contributed by atoms with E-state index in [4.69, 9.17) is 10.6 Å². The van der Waals surface area contributed by atoms with Crippen molar-refractivity contribution in [2.75, 3.05) is 5.43 Å². The number of nitrogens with one attached hydrogen (secondary N) is 1. The maximum absolute atomic E-state index is 5.68. The van der Waals surface area contributed by atoms with E-state index in [1.165, 1.54) is 0 Å². The van der Waals surface area contributed by atoms with Crippen molar-refractivity contribution in [2.45, 2.75) is 13.8 Å². The molecule has 0 aliphatic heterocycles. The summed E-state index contributed by atoms with van der Waals surface area (Å²) in [4.78, 5) is 4.19. The first-order valence-electron chi connectivity index (χ1n) is 5.37. The summed E-state index contributed by atoms with van der Waals surface area (Å²) in [5.74, 6) is 7.17. The van der Waals surface area contributed by atoms with Gasteiger partial charge in [-0.25, -0.2) is 5.84 Å². The van der Waals surface area contributed by atoms with Gasteiger partial charge in [-0.15, -0.1) is 0 Å². The third-order valence-corrected chi connectivity index (χ3v) is 2.29. The van der Waals surface area contributed by atoms with Crippen LogP contribution in [0.1, 0.15) is 11.1 Å². The number of nitrogens with zero attached hydrogens (tertiary/aromatic N) is 1. The standard InChI is InChI=1S/C13H15N3O/c1-9-6-10(2)8-11(7-9)17-13-5-3-4-12(15-13)16-14/h3-8H,14H2,1-2H3,(H,15,16). The molecule has 0 spiro atoms. The number of hydrazine groups is 1. The van der Waals surface area contributed by atoms with Crippen molar-refractivity contribution >= 4 is 5.82 Å². The van der Waals surface area contributed by atoms with E-state index < -0.39 is 0 Å². The number of aryl methyl sites for hydroxylation is 2. The van der Waals surface area contributed by atoms with Crippen LogP contribution in [-0.2, 0) is 0 Å². The number of hydrogen-bond donors (Lipinski definition) is 2. The van der Waals surface area contributed by atoms with Crippen LogP contribution in [-0.4, -0.2) is 4.98 Å². The molecule has 0 fully saturated rings. The molecule has 0 atom stereocenters. The summed E-state index contributed by atoms with van der Waals surface area (Å²) in [5, 5.41) is 0. The van der Waals surface area contributed by atoms with E-state index in [0.717, 1.165) is 16.9 Å². The van der Waals surface area contributed by atoms with Crippen LogP contribution in [0.15, 0.2) is 36.4 Å². The van der Waals surface area contributed by atoms with Gasteiger partial charge >= 0.3 is 0 Å². The lowest BCUT2D eigenvalue weighted by Crippen LogP contribution is -2.08. The Morgan fingerprint density at radius 2 is 1.82 bits per heavy atom. The number of aromatic nitrogens is 1. The number of ether oxygens (including phenoxy) is 1. The molecule has 1 aromatic carbocycles. The van der Waals surface area contributed by atoms with Gasteiger partial charge in [-0.05, 0) is 43.2 Å². The van der Waals surface area contributed by atoms with Gasteiger partial charge in [0.05, 0.1) is 0 Å². The number of hydrogen-bond acceptors (Lipinski definition) is 4. The summed E-state index contributed by atoms with van der Waals surface area (Å²) in [6.07, 6.45) is 0. The number of anilines is 1. The molecule has 0 aliphatic carbocycles. The number of rotatable bonds is 3. The number of nitrogen functional groups attached to an aromatic ring is 1. The molecule has 0 bridgehead atoms. The molecule has 1 aromatic heterocycles. The van der Waals surface area contributed by atoms with Crippen LogP contribution in [0.4, 0.5) is 5.82 Å². The van der Waals surface area contributed by atoms with Gasteiger partial charge in [-0.3, -0.25) is 0 Å². The zero-order chi connectivity index (χ0) is 12.3. The lowest BCUT2D eigenvalue weighted by atomic mass is 10.1. The zero-order valence-electron chi connectivity index (χ0n) is 9.90. The molecule has 0 aliphatic rings. The van der Waals surface area contributed by atoms with Crippen LogP contribution in [0.3, 0.4) is 0 Å². The van der Waals surface area contributed by atoms with Gasteiger partial charge in [-0.1, -0.05) is 12.1 Å². The molecular weight excluding hydrogens is 214 g/mol. The van der Waals surface area contributed by atoms with Crippen molar-refractivity contribution in [2.24, 2.45) is 5.84 Å². The van der Waals surface area contributed by atoms with Crippen LogP contribution < -0.4 is 16.0 Å². The van der Waals surface area contributed by atoms with E-state index in [1.54, 1.807) is 12.1 Å². The van der Waals surface area contributed by atoms with E-state index in [0.29, 0.717) is 11.7 Å². The van der Waals surface area contributed by atoms with Gasteiger partial charge in [-0.2, -0.15) is 4.98 Å². The van der Waals surface area contributed by atoms with Crippen molar-refractivity contribution in [1.29, 1.82) is 0 Å². The predicted molar refractivity (Wildman–Crippen MR) is 68.0 cm³/mol. The van der Waals surface area contributed by atoms with Crippen LogP contribution in [0.25, 0.3) is 0 Å². The monoisotopic (exact) mass is 229 g/mol. The van der Waals surface area contributed by atoms with Crippen LogP contribution >= 0.6 is 0 Å². The van der Waals surface area contributed by atoms with Crippen molar-refractivity contribution in [1.82, 2.24) is 4.98 Å². The first kappa shape index (κ1) is 11.4. The van der Waals surface area contributed by atoms with Crippen LogP contribution in [0.5, 0.6) is 11.6 Å². The molecule has 0 saturated heterocycles. The fourth-order valence-corrected chi connectivity index (χ4v) is 1.66. The Morgan fingerprint density at radius 1 is 1.12 bits per heavy atom. The molecule has 3 N–H and O–H groups in total. The molecule has 0 saturated carbocycles. The first-order valence-corrected chi connectivity index (χ1v) is 5.37. The number of nitrogens with two attached hydrogens (primary N) is 1. The maximum Gasteiger partial charge on any atom is 0.221 e. The normalized spacial score (nSPS) is 10.1. The van der Waals surface area contributed by atoms with Crippen LogP contribution in [0, 0.1) is 13.8 Å². The molecule has 4 nitrogen and oxygen atoms in total. The van der Waals surface area contributed by atoms with Crippen LogP contribution in [0.2, 0.25) is 0 Å². The van der Waals surface area contributed by atoms with E-state index in [2.05, 4.69) is 16.5 Å². The number of pyridine rings is 1. The largest absolute Gasteiger partial charge is 0.439 e. The van der Waals surface area contributed by atoms with Gasteiger partial charge in [0, 0.05) is 6.07 Å². The Morgan fingerprint density at radius 3 is 2.47 bits per heavy atom. The average Bonchev–Trinajstić information content (AvgIpc) is 2.28. The number of benzene rings is 1. The minimum atomic E-state index is 0.519. The molecule has 0 amide bonds. The molecule has 88 valence electrons. The first-order chi connectivity index (χ1) is 8.17. The third kappa shape index (κ3) is 2.95. The minimum Gasteiger partial charge on any atom is -0.439 e. The molecule has 2 rings (SSSR count). The highest BCUT2D eigenvalue weighted by Crippen LogP contribution is 2.22. The summed E-state index contributed by atoms with van der Waals surface area (Å²) in [6, 6.07) is 11.4. The summed E-state index contributed by atoms with van der Waals surface area (Å²) in [5.41, 5.74) is 4.81. The lowest BCUT2D eigenvalue weighted by molar-refractivity contribution is 0.463. The van der Waals surface area contributed by atoms with Gasteiger partial charge < -0.3 is 10.2 Å². The van der Waals surface area contributed by atoms with E-state index >= 15 is 0 Å². The van der Waals surface area contributed by atoms with Crippen molar-refractivity contribution < 1.29 is 4.74 Å². The van der Waals surface area contributed by atoms with E-state index in [-0.39, 0.29) is 0 Å². The molecule has 0 unspecified atom stereocenters. The van der Waals surface area contributed by atoms with E-state index in [1.807, 2.05) is 32.0 Å². The van der Waals surface area contributed by atoms with Gasteiger partial charge in [0.15, 0.2) is 0 Å². The second kappa shape index (κ2) is 4.84. The topological polar surface area (TPSA) is 60.2 Å². The smallest absolute Gasteiger partial charge is 0.221 e. The van der Waals surface area contributed by atoms with Crippen molar-refractivity contribution in [3.8, 4) is 11.6 Å². The van der Waals surface area contributed by atoms with Crippen molar-refractivity contribution in [3.63, 3.8) is 0 Å². The predicted octanol–water partition coefficient (Wildman–Crippen LogP) is 2.78. The SMILES string of the molecule is Cc1cc(C)cc(Oc2cccc(NN)n2)c1. The zero-order valence-corrected chi connectivity index (χ0v) is 9.90. The molecule has 17 heavy (non-hydrogen) atoms. The highest BCUT2D eigenvalue weighted by atomic mass is 16.5. The van der Waals surface area contributed by atoms with Gasteiger partial charge in [0.1, 0.15) is 11.6 Å². The Bertz CT molecular complexity index is 506. The highest BCUT2D eigenvalue weighted by molar-refractivity contribution is 5.39. The summed E-state index contributed by atoms with van der Waals surface area (Å²) >= 11 is 0. The minimum absolute atomic E-state index is 0.519. The third-order valence-electron chi connectivity index (χ3n) is 2.29. The van der Waals surface area contributed by atoms with E-state index in [9.17, 15) is 0 Å². The molecule has 1 heterocycles. The fraction of sp³-hybridized carbons (Fsp3) is 0.154. The Balaban J connectivity index is 2.24. The Kier molecular flexibility index (Phi) is 3.25. The summed E-state index contributed by atoms with van der Waals surface area (Å²) < 4.78 is 5.68. The Hall–Kier alpha value is -2.07. The molecule has 0 radical (unpaired) electrons. The average molecular weight is 229 g/mol. The lowest BCUT2D eigenvalue weighted by Gasteiger charge is -2.08.